The zero-order valence-electron chi connectivity index (χ0n) is 15.3. The van der Waals surface area contributed by atoms with Crippen molar-refractivity contribution in [2.75, 3.05) is 6.54 Å². The molecule has 24 heavy (non-hydrogen) atoms. The number of aliphatic carboxylic acids is 1. The van der Waals surface area contributed by atoms with Gasteiger partial charge in [-0.3, -0.25) is 9.59 Å². The molecule has 0 saturated carbocycles. The van der Waals surface area contributed by atoms with Gasteiger partial charge < -0.3 is 19.9 Å². The van der Waals surface area contributed by atoms with Crippen LogP contribution in [0.5, 0.6) is 0 Å². The van der Waals surface area contributed by atoms with Gasteiger partial charge in [-0.2, -0.15) is 0 Å². The SMILES string of the molecule is CCC(=O)O[C@@H](OC(=O)NC[C@H](CC(=O)O)C[C@H](C)CC)C(C)C. The Morgan fingerprint density at radius 2 is 1.71 bits per heavy atom. The molecule has 140 valence electrons. The van der Waals surface area contributed by atoms with Crippen LogP contribution in [0.1, 0.15) is 60.3 Å². The lowest BCUT2D eigenvalue weighted by molar-refractivity contribution is -0.174. The van der Waals surface area contributed by atoms with Crippen LogP contribution >= 0.6 is 0 Å². The third-order valence-electron chi connectivity index (χ3n) is 3.73. The summed E-state index contributed by atoms with van der Waals surface area (Å²) >= 11 is 0. The van der Waals surface area contributed by atoms with E-state index >= 15 is 0 Å². The van der Waals surface area contributed by atoms with Gasteiger partial charge in [0, 0.05) is 25.3 Å². The number of rotatable bonds is 11. The maximum atomic E-state index is 11.9. The molecular weight excluding hydrogens is 314 g/mol. The highest BCUT2D eigenvalue weighted by Gasteiger charge is 2.23. The minimum Gasteiger partial charge on any atom is -0.481 e. The number of hydrogen-bond acceptors (Lipinski definition) is 5. The Morgan fingerprint density at radius 1 is 1.08 bits per heavy atom. The van der Waals surface area contributed by atoms with Crippen LogP contribution in [0.3, 0.4) is 0 Å². The normalized spacial score (nSPS) is 14.6. The number of nitrogens with one attached hydrogen (secondary N) is 1. The van der Waals surface area contributed by atoms with Crippen LogP contribution in [0.25, 0.3) is 0 Å². The predicted molar refractivity (Wildman–Crippen MR) is 89.3 cm³/mol. The van der Waals surface area contributed by atoms with Crippen molar-refractivity contribution < 1.29 is 29.0 Å². The second kappa shape index (κ2) is 11.7. The Bertz CT molecular complexity index is 410. The Kier molecular flexibility index (Phi) is 10.8. The van der Waals surface area contributed by atoms with Crippen molar-refractivity contribution in [3.63, 3.8) is 0 Å². The number of carbonyl (C=O) groups excluding carboxylic acids is 2. The molecular formula is C17H31NO6. The Morgan fingerprint density at radius 3 is 2.17 bits per heavy atom. The first-order valence-electron chi connectivity index (χ1n) is 8.55. The second-order valence-corrected chi connectivity index (χ2v) is 6.46. The topological polar surface area (TPSA) is 102 Å². The second-order valence-electron chi connectivity index (χ2n) is 6.46. The number of amides is 1. The molecule has 7 heteroatoms. The molecule has 0 rings (SSSR count). The van der Waals surface area contributed by atoms with Crippen LogP contribution in [0.4, 0.5) is 4.79 Å². The molecule has 0 unspecified atom stereocenters. The molecule has 0 fully saturated rings. The highest BCUT2D eigenvalue weighted by molar-refractivity contribution is 5.70. The first-order valence-corrected chi connectivity index (χ1v) is 8.55. The molecule has 0 bridgehead atoms. The molecule has 1 amide bonds. The standard InChI is InChI=1S/C17H31NO6/c1-6-12(5)8-13(9-14(19)20)10-18-17(22)24-16(11(3)4)23-15(21)7-2/h11-13,16H,6-10H2,1-5H3,(H,18,22)(H,19,20)/t12-,13+,16+/m1/s1. The summed E-state index contributed by atoms with van der Waals surface area (Å²) in [6, 6.07) is 0. The van der Waals surface area contributed by atoms with Gasteiger partial charge >= 0.3 is 18.0 Å². The fraction of sp³-hybridized carbons (Fsp3) is 0.824. The quantitative estimate of drug-likeness (QED) is 0.440. The van der Waals surface area contributed by atoms with E-state index in [1.807, 2.05) is 13.8 Å². The third kappa shape index (κ3) is 10.1. The summed E-state index contributed by atoms with van der Waals surface area (Å²) in [7, 11) is 0. The largest absolute Gasteiger partial charge is 0.481 e. The fourth-order valence-corrected chi connectivity index (χ4v) is 2.11. The van der Waals surface area contributed by atoms with Gasteiger partial charge in [0.2, 0.25) is 0 Å². The van der Waals surface area contributed by atoms with Crippen molar-refractivity contribution in [1.29, 1.82) is 0 Å². The van der Waals surface area contributed by atoms with Gasteiger partial charge in [-0.1, -0.05) is 41.0 Å². The fourth-order valence-electron chi connectivity index (χ4n) is 2.11. The van der Waals surface area contributed by atoms with Crippen LogP contribution in [0, 0.1) is 17.8 Å². The molecule has 7 nitrogen and oxygen atoms in total. The van der Waals surface area contributed by atoms with E-state index in [2.05, 4.69) is 5.32 Å². The first kappa shape index (κ1) is 22.2. The lowest BCUT2D eigenvalue weighted by atomic mass is 9.91. The number of alkyl carbamates (subject to hydrolysis) is 1. The smallest absolute Gasteiger partial charge is 0.410 e. The van der Waals surface area contributed by atoms with Gasteiger partial charge in [0.1, 0.15) is 0 Å². The average Bonchev–Trinajstić information content (AvgIpc) is 2.50. The number of hydrogen-bond donors (Lipinski definition) is 2. The van der Waals surface area contributed by atoms with Crippen LogP contribution in [-0.4, -0.2) is 36.0 Å². The van der Waals surface area contributed by atoms with Gasteiger partial charge in [-0.05, 0) is 18.3 Å². The highest BCUT2D eigenvalue weighted by Crippen LogP contribution is 2.18. The van der Waals surface area contributed by atoms with E-state index in [9.17, 15) is 14.4 Å². The Labute approximate surface area is 144 Å². The highest BCUT2D eigenvalue weighted by atomic mass is 16.7. The summed E-state index contributed by atoms with van der Waals surface area (Å²) in [6.07, 6.45) is 0.180. The van der Waals surface area contributed by atoms with Crippen LogP contribution in [0.2, 0.25) is 0 Å². The molecule has 0 spiro atoms. The van der Waals surface area contributed by atoms with Crippen molar-refractivity contribution in [3.05, 3.63) is 0 Å². The monoisotopic (exact) mass is 345 g/mol. The minimum absolute atomic E-state index is 0.0109. The van der Waals surface area contributed by atoms with Crippen LogP contribution < -0.4 is 5.32 Å². The van der Waals surface area contributed by atoms with E-state index < -0.39 is 24.3 Å². The summed E-state index contributed by atoms with van der Waals surface area (Å²) in [5.74, 6) is -1.31. The molecule has 0 aromatic heterocycles. The van der Waals surface area contributed by atoms with Crippen LogP contribution in [-0.2, 0) is 19.1 Å². The molecule has 2 N–H and O–H groups in total. The van der Waals surface area contributed by atoms with Gasteiger partial charge in [0.15, 0.2) is 0 Å². The average molecular weight is 345 g/mol. The van der Waals surface area contributed by atoms with E-state index in [4.69, 9.17) is 14.6 Å². The number of carbonyl (C=O) groups is 3. The van der Waals surface area contributed by atoms with Crippen molar-refractivity contribution in [3.8, 4) is 0 Å². The third-order valence-corrected chi connectivity index (χ3v) is 3.73. The Balaban J connectivity index is 4.52. The summed E-state index contributed by atoms with van der Waals surface area (Å²) in [6.45, 7) is 9.51. The van der Waals surface area contributed by atoms with E-state index in [0.29, 0.717) is 12.3 Å². The van der Waals surface area contributed by atoms with Crippen molar-refractivity contribution in [1.82, 2.24) is 5.32 Å². The lowest BCUT2D eigenvalue weighted by Gasteiger charge is -2.23. The maximum Gasteiger partial charge on any atom is 0.410 e. The summed E-state index contributed by atoms with van der Waals surface area (Å²) < 4.78 is 10.2. The molecule has 0 aliphatic heterocycles. The van der Waals surface area contributed by atoms with Crippen molar-refractivity contribution in [2.24, 2.45) is 17.8 Å². The molecule has 0 aliphatic rings. The molecule has 0 saturated heterocycles. The van der Waals surface area contributed by atoms with E-state index in [1.165, 1.54) is 0 Å². The number of carboxylic acid groups (broad SMARTS) is 1. The molecule has 0 aromatic rings. The maximum absolute atomic E-state index is 11.9. The molecule has 0 heterocycles. The van der Waals surface area contributed by atoms with Crippen molar-refractivity contribution >= 4 is 18.0 Å². The summed E-state index contributed by atoms with van der Waals surface area (Å²) in [4.78, 5) is 34.2. The molecule has 3 atom stereocenters. The van der Waals surface area contributed by atoms with E-state index in [-0.39, 0.29) is 31.2 Å². The number of esters is 1. The van der Waals surface area contributed by atoms with Gasteiger partial charge in [-0.15, -0.1) is 0 Å². The van der Waals surface area contributed by atoms with E-state index in [1.54, 1.807) is 20.8 Å². The minimum atomic E-state index is -0.954. The number of ether oxygens (including phenoxy) is 2. The first-order chi connectivity index (χ1) is 11.2. The van der Waals surface area contributed by atoms with Gasteiger partial charge in [0.25, 0.3) is 6.29 Å². The lowest BCUT2D eigenvalue weighted by Crippen LogP contribution is -2.37. The van der Waals surface area contributed by atoms with Crippen LogP contribution in [0.15, 0.2) is 0 Å². The van der Waals surface area contributed by atoms with Gasteiger partial charge in [-0.25, -0.2) is 4.79 Å². The Hall–Kier alpha value is -1.79. The number of carboxylic acids is 1. The predicted octanol–water partition coefficient (Wildman–Crippen LogP) is 3.18. The van der Waals surface area contributed by atoms with Gasteiger partial charge in [0.05, 0.1) is 0 Å². The zero-order chi connectivity index (χ0) is 18.7. The zero-order valence-corrected chi connectivity index (χ0v) is 15.3. The summed E-state index contributed by atoms with van der Waals surface area (Å²) in [5.41, 5.74) is 0. The molecule has 0 aliphatic carbocycles. The molecule has 0 radical (unpaired) electrons. The summed E-state index contributed by atoms with van der Waals surface area (Å²) in [5, 5.41) is 11.6. The van der Waals surface area contributed by atoms with E-state index in [0.717, 1.165) is 6.42 Å². The molecule has 0 aromatic carbocycles. The van der Waals surface area contributed by atoms with Crippen molar-refractivity contribution in [2.45, 2.75) is 66.6 Å².